The predicted octanol–water partition coefficient (Wildman–Crippen LogP) is 2.66. The van der Waals surface area contributed by atoms with Crippen LogP contribution in [0.4, 0.5) is 5.69 Å². The van der Waals surface area contributed by atoms with Gasteiger partial charge in [-0.05, 0) is 30.6 Å². The first-order valence-corrected chi connectivity index (χ1v) is 6.99. The SMILES string of the molecule is COc1cc(NC(=O)c2snnc2C)c2ncccc2c1. The molecule has 21 heavy (non-hydrogen) atoms. The van der Waals surface area contributed by atoms with Crippen LogP contribution in [-0.2, 0) is 0 Å². The second kappa shape index (κ2) is 5.45. The molecule has 7 heteroatoms. The molecule has 0 aliphatic carbocycles. The van der Waals surface area contributed by atoms with E-state index >= 15 is 0 Å². The van der Waals surface area contributed by atoms with Crippen molar-refractivity contribution in [1.29, 1.82) is 0 Å². The maximum absolute atomic E-state index is 12.3. The second-order valence-corrected chi connectivity index (χ2v) is 5.15. The number of pyridine rings is 1. The van der Waals surface area contributed by atoms with Gasteiger partial charge in [-0.1, -0.05) is 10.6 Å². The minimum Gasteiger partial charge on any atom is -0.497 e. The minimum atomic E-state index is -0.247. The van der Waals surface area contributed by atoms with Crippen molar-refractivity contribution in [2.45, 2.75) is 6.92 Å². The van der Waals surface area contributed by atoms with Gasteiger partial charge in [0.15, 0.2) is 0 Å². The Kier molecular flexibility index (Phi) is 3.49. The number of carbonyl (C=O) groups excluding carboxylic acids is 1. The molecule has 6 nitrogen and oxygen atoms in total. The molecule has 1 aromatic carbocycles. The summed E-state index contributed by atoms with van der Waals surface area (Å²) in [7, 11) is 1.58. The lowest BCUT2D eigenvalue weighted by Gasteiger charge is -2.09. The molecule has 2 heterocycles. The number of anilines is 1. The lowest BCUT2D eigenvalue weighted by molar-refractivity contribution is 0.103. The van der Waals surface area contributed by atoms with Gasteiger partial charge < -0.3 is 10.1 Å². The topological polar surface area (TPSA) is 77.0 Å². The van der Waals surface area contributed by atoms with Gasteiger partial charge in [-0.3, -0.25) is 9.78 Å². The molecule has 0 aliphatic heterocycles. The van der Waals surface area contributed by atoms with Crippen molar-refractivity contribution < 1.29 is 9.53 Å². The van der Waals surface area contributed by atoms with Crippen LogP contribution in [0.3, 0.4) is 0 Å². The first-order chi connectivity index (χ1) is 10.2. The van der Waals surface area contributed by atoms with E-state index < -0.39 is 0 Å². The van der Waals surface area contributed by atoms with Crippen molar-refractivity contribution in [3.05, 3.63) is 41.0 Å². The lowest BCUT2D eigenvalue weighted by atomic mass is 10.1. The highest BCUT2D eigenvalue weighted by molar-refractivity contribution is 7.08. The number of nitrogens with one attached hydrogen (secondary N) is 1. The number of hydrogen-bond acceptors (Lipinski definition) is 6. The number of amides is 1. The number of fused-ring (bicyclic) bond motifs is 1. The zero-order valence-corrected chi connectivity index (χ0v) is 12.3. The fourth-order valence-electron chi connectivity index (χ4n) is 2.00. The highest BCUT2D eigenvalue weighted by Crippen LogP contribution is 2.28. The highest BCUT2D eigenvalue weighted by Gasteiger charge is 2.15. The number of hydrogen-bond donors (Lipinski definition) is 1. The molecule has 0 saturated carbocycles. The van der Waals surface area contributed by atoms with Crippen molar-refractivity contribution in [1.82, 2.24) is 14.6 Å². The molecule has 0 saturated heterocycles. The quantitative estimate of drug-likeness (QED) is 0.804. The van der Waals surface area contributed by atoms with E-state index in [-0.39, 0.29) is 5.91 Å². The van der Waals surface area contributed by atoms with Gasteiger partial charge in [0, 0.05) is 17.6 Å². The van der Waals surface area contributed by atoms with Gasteiger partial charge in [0.25, 0.3) is 5.91 Å². The van der Waals surface area contributed by atoms with Gasteiger partial charge >= 0.3 is 0 Å². The normalized spacial score (nSPS) is 10.6. The fourth-order valence-corrected chi connectivity index (χ4v) is 2.55. The molecule has 2 aromatic heterocycles. The molecule has 0 atom stereocenters. The first-order valence-electron chi connectivity index (χ1n) is 6.22. The van der Waals surface area contributed by atoms with E-state index in [4.69, 9.17) is 4.74 Å². The maximum Gasteiger partial charge on any atom is 0.269 e. The number of aromatic nitrogens is 3. The Hall–Kier alpha value is -2.54. The molecule has 0 radical (unpaired) electrons. The maximum atomic E-state index is 12.3. The van der Waals surface area contributed by atoms with Crippen LogP contribution in [0.15, 0.2) is 30.5 Å². The average Bonchev–Trinajstić information content (AvgIpc) is 2.93. The fraction of sp³-hybridized carbons (Fsp3) is 0.143. The van der Waals surface area contributed by atoms with Crippen LogP contribution in [0.1, 0.15) is 15.4 Å². The highest BCUT2D eigenvalue weighted by atomic mass is 32.1. The van der Waals surface area contributed by atoms with Crippen molar-refractivity contribution in [3.8, 4) is 5.75 Å². The second-order valence-electron chi connectivity index (χ2n) is 4.39. The van der Waals surface area contributed by atoms with Crippen LogP contribution in [0.25, 0.3) is 10.9 Å². The third-order valence-electron chi connectivity index (χ3n) is 3.02. The molecule has 0 aliphatic rings. The zero-order valence-electron chi connectivity index (χ0n) is 11.5. The number of ether oxygens (including phenoxy) is 1. The molecular weight excluding hydrogens is 288 g/mol. The van der Waals surface area contributed by atoms with Crippen LogP contribution in [-0.4, -0.2) is 27.6 Å². The molecule has 106 valence electrons. The lowest BCUT2D eigenvalue weighted by Crippen LogP contribution is -2.12. The molecule has 3 aromatic rings. The summed E-state index contributed by atoms with van der Waals surface area (Å²) in [5.74, 6) is 0.410. The van der Waals surface area contributed by atoms with E-state index in [1.807, 2.05) is 18.2 Å². The summed E-state index contributed by atoms with van der Waals surface area (Å²) in [5, 5.41) is 7.59. The summed E-state index contributed by atoms with van der Waals surface area (Å²) in [5.41, 5.74) is 1.92. The molecule has 0 unspecified atom stereocenters. The van der Waals surface area contributed by atoms with E-state index in [1.165, 1.54) is 0 Å². The Morgan fingerprint density at radius 1 is 1.38 bits per heavy atom. The van der Waals surface area contributed by atoms with Gasteiger partial charge in [-0.15, -0.1) is 5.10 Å². The Balaban J connectivity index is 2.03. The summed E-state index contributed by atoms with van der Waals surface area (Å²) in [6.45, 7) is 1.75. The monoisotopic (exact) mass is 300 g/mol. The number of carbonyl (C=O) groups is 1. The predicted molar refractivity (Wildman–Crippen MR) is 80.9 cm³/mol. The van der Waals surface area contributed by atoms with Crippen molar-refractivity contribution in [3.63, 3.8) is 0 Å². The Labute approximate surface area is 124 Å². The molecule has 0 fully saturated rings. The van der Waals surface area contributed by atoms with Gasteiger partial charge in [0.1, 0.15) is 10.6 Å². The van der Waals surface area contributed by atoms with Crippen LogP contribution in [0, 0.1) is 6.92 Å². The van der Waals surface area contributed by atoms with Gasteiger partial charge in [-0.2, -0.15) is 0 Å². The minimum absolute atomic E-state index is 0.247. The Morgan fingerprint density at radius 2 is 2.24 bits per heavy atom. The number of rotatable bonds is 3. The van der Waals surface area contributed by atoms with E-state index in [9.17, 15) is 4.79 Å². The molecule has 1 amide bonds. The molecule has 0 bridgehead atoms. The summed E-state index contributed by atoms with van der Waals surface area (Å²) in [4.78, 5) is 17.1. The molecule has 1 N–H and O–H groups in total. The number of methoxy groups -OCH3 is 1. The average molecular weight is 300 g/mol. The van der Waals surface area contributed by atoms with Crippen LogP contribution in [0.5, 0.6) is 5.75 Å². The smallest absolute Gasteiger partial charge is 0.269 e. The zero-order chi connectivity index (χ0) is 14.8. The standard InChI is InChI=1S/C14H12N4O2S/c1-8-13(21-18-17-8)14(19)16-11-7-10(20-2)6-9-4-3-5-15-12(9)11/h3-7H,1-2H3,(H,16,19). The van der Waals surface area contributed by atoms with Crippen LogP contribution < -0.4 is 10.1 Å². The van der Waals surface area contributed by atoms with Crippen molar-refractivity contribution in [2.24, 2.45) is 0 Å². The summed E-state index contributed by atoms with van der Waals surface area (Å²) in [6, 6.07) is 7.37. The molecule has 3 rings (SSSR count). The Morgan fingerprint density at radius 3 is 2.95 bits per heavy atom. The molecular formula is C14H12N4O2S. The van der Waals surface area contributed by atoms with Gasteiger partial charge in [0.2, 0.25) is 0 Å². The van der Waals surface area contributed by atoms with Crippen LogP contribution >= 0.6 is 11.5 Å². The third-order valence-corrected chi connectivity index (χ3v) is 3.85. The van der Waals surface area contributed by atoms with Gasteiger partial charge in [0.05, 0.1) is 24.0 Å². The largest absolute Gasteiger partial charge is 0.497 e. The van der Waals surface area contributed by atoms with Gasteiger partial charge in [-0.25, -0.2) is 0 Å². The molecule has 0 spiro atoms. The van der Waals surface area contributed by atoms with E-state index in [0.29, 0.717) is 27.5 Å². The third kappa shape index (κ3) is 2.55. The summed E-state index contributed by atoms with van der Waals surface area (Å²) in [6.07, 6.45) is 1.68. The number of aryl methyl sites for hydroxylation is 1. The summed E-state index contributed by atoms with van der Waals surface area (Å²) < 4.78 is 9.03. The van der Waals surface area contributed by atoms with Crippen molar-refractivity contribution in [2.75, 3.05) is 12.4 Å². The Bertz CT molecular complexity index is 816. The summed E-state index contributed by atoms with van der Waals surface area (Å²) >= 11 is 1.07. The van der Waals surface area contributed by atoms with Crippen molar-refractivity contribution >= 4 is 34.0 Å². The first kappa shape index (κ1) is 13.4. The van der Waals surface area contributed by atoms with E-state index in [0.717, 1.165) is 16.9 Å². The number of nitrogens with zero attached hydrogens (tertiary/aromatic N) is 3. The van der Waals surface area contributed by atoms with E-state index in [2.05, 4.69) is 19.9 Å². The van der Waals surface area contributed by atoms with Crippen LogP contribution in [0.2, 0.25) is 0 Å². The van der Waals surface area contributed by atoms with E-state index in [1.54, 1.807) is 26.3 Å². The number of benzene rings is 1.